The predicted octanol–water partition coefficient (Wildman–Crippen LogP) is 3.15. The number of aliphatic hydroxyl groups is 2. The summed E-state index contributed by atoms with van der Waals surface area (Å²) in [6.45, 7) is 3.68. The molecule has 0 saturated heterocycles. The van der Waals surface area contributed by atoms with Crippen LogP contribution in [0.15, 0.2) is 63.0 Å². The van der Waals surface area contributed by atoms with Crippen LogP contribution in [0.1, 0.15) is 21.5 Å². The van der Waals surface area contributed by atoms with E-state index in [1.54, 1.807) is 55.7 Å². The van der Waals surface area contributed by atoms with Crippen LogP contribution in [0.2, 0.25) is 0 Å². The molecule has 0 saturated carbocycles. The molecular weight excluding hydrogens is 583 g/mol. The van der Waals surface area contributed by atoms with Crippen molar-refractivity contribution < 1.29 is 23.2 Å². The summed E-state index contributed by atoms with van der Waals surface area (Å²) >= 11 is 4.47. The van der Waals surface area contributed by atoms with E-state index in [2.05, 4.69) is 4.37 Å². The number of thioether (sulfide) groups is 2. The van der Waals surface area contributed by atoms with Crippen LogP contribution in [0.3, 0.4) is 0 Å². The predicted molar refractivity (Wildman–Crippen MR) is 158 cm³/mol. The van der Waals surface area contributed by atoms with Gasteiger partial charge in [0.1, 0.15) is 0 Å². The molecule has 0 aliphatic carbocycles. The molecule has 2 aromatic carbocycles. The van der Waals surface area contributed by atoms with E-state index in [9.17, 15) is 28.2 Å². The van der Waals surface area contributed by atoms with Crippen LogP contribution in [0.5, 0.6) is 0 Å². The molecule has 2 heterocycles. The summed E-state index contributed by atoms with van der Waals surface area (Å²) in [5.74, 6) is 1.11. The monoisotopic (exact) mass is 611 g/mol. The number of hydrogen-bond donors (Lipinski definition) is 3. The molecule has 0 amide bonds. The van der Waals surface area contributed by atoms with Crippen LogP contribution < -0.4 is 11.2 Å². The lowest BCUT2D eigenvalue weighted by Crippen LogP contribution is -2.38. The van der Waals surface area contributed by atoms with Gasteiger partial charge in [0.2, 0.25) is 0 Å². The zero-order chi connectivity index (χ0) is 28.7. The Labute approximate surface area is 238 Å². The zero-order valence-electron chi connectivity index (χ0n) is 21.5. The first kappa shape index (κ1) is 31.1. The summed E-state index contributed by atoms with van der Waals surface area (Å²) in [4.78, 5) is 25.0. The van der Waals surface area contributed by atoms with E-state index in [0.29, 0.717) is 22.9 Å². The lowest BCUT2D eigenvalue weighted by Gasteiger charge is -2.14. The Balaban J connectivity index is 0.000000320. The first-order valence-electron chi connectivity index (χ1n) is 11.7. The van der Waals surface area contributed by atoms with Gasteiger partial charge in [0.25, 0.3) is 15.7 Å². The van der Waals surface area contributed by atoms with Crippen LogP contribution in [0.25, 0.3) is 15.8 Å². The Morgan fingerprint density at radius 2 is 1.59 bits per heavy atom. The van der Waals surface area contributed by atoms with Crippen LogP contribution in [0, 0.1) is 13.8 Å². The van der Waals surface area contributed by atoms with Crippen molar-refractivity contribution >= 4 is 55.3 Å². The molecular formula is C25H29N3O7S4. The molecule has 0 fully saturated rings. The second kappa shape index (κ2) is 13.7. The second-order valence-electron chi connectivity index (χ2n) is 8.36. The molecule has 4 aromatic rings. The molecule has 0 spiro atoms. The Hall–Kier alpha value is -2.46. The van der Waals surface area contributed by atoms with Gasteiger partial charge in [-0.05, 0) is 55.7 Å². The highest BCUT2D eigenvalue weighted by Crippen LogP contribution is 2.42. The Morgan fingerprint density at radius 3 is 2.15 bits per heavy atom. The summed E-state index contributed by atoms with van der Waals surface area (Å²) in [5.41, 5.74) is 2.12. The number of aryl methyl sites for hydroxylation is 2. The molecule has 39 heavy (non-hydrogen) atoms. The highest BCUT2D eigenvalue weighted by atomic mass is 32.2. The van der Waals surface area contributed by atoms with Gasteiger partial charge in [-0.15, -0.1) is 23.5 Å². The van der Waals surface area contributed by atoms with Crippen molar-refractivity contribution in [2.45, 2.75) is 23.3 Å². The molecule has 3 N–H and O–H groups in total. The molecule has 0 atom stereocenters. The topological polar surface area (TPSA) is 152 Å². The van der Waals surface area contributed by atoms with E-state index >= 15 is 0 Å². The van der Waals surface area contributed by atoms with Crippen LogP contribution >= 0.6 is 35.1 Å². The number of fused-ring (bicyclic) bond motifs is 1. The summed E-state index contributed by atoms with van der Waals surface area (Å²) < 4.78 is 37.6. The van der Waals surface area contributed by atoms with Crippen molar-refractivity contribution in [2.75, 3.05) is 24.7 Å². The summed E-state index contributed by atoms with van der Waals surface area (Å²) in [5, 5.41) is 19.2. The smallest absolute Gasteiger partial charge is 0.335 e. The molecule has 0 radical (unpaired) electrons. The van der Waals surface area contributed by atoms with Crippen LogP contribution in [-0.2, 0) is 17.2 Å². The average Bonchev–Trinajstić information content (AvgIpc) is 3.31. The van der Waals surface area contributed by atoms with Crippen molar-refractivity contribution in [3.63, 3.8) is 0 Å². The third-order valence-corrected chi connectivity index (χ3v) is 9.98. The average molecular weight is 612 g/mol. The van der Waals surface area contributed by atoms with Gasteiger partial charge in [-0.2, -0.15) is 12.8 Å². The van der Waals surface area contributed by atoms with E-state index in [-0.39, 0.29) is 28.3 Å². The van der Waals surface area contributed by atoms with Crippen molar-refractivity contribution in [3.8, 4) is 5.69 Å². The fourth-order valence-corrected chi connectivity index (χ4v) is 7.14. The van der Waals surface area contributed by atoms with Gasteiger partial charge in [-0.25, -0.2) is 9.36 Å². The van der Waals surface area contributed by atoms with Gasteiger partial charge in [0.05, 0.1) is 38.8 Å². The van der Waals surface area contributed by atoms with E-state index in [1.807, 2.05) is 19.1 Å². The number of nitrogens with zero attached hydrogens (tertiary/aromatic N) is 3. The van der Waals surface area contributed by atoms with Gasteiger partial charge in [-0.1, -0.05) is 17.7 Å². The Kier molecular flexibility index (Phi) is 11.0. The van der Waals surface area contributed by atoms with Crippen LogP contribution in [0.4, 0.5) is 0 Å². The Bertz CT molecular complexity index is 1640. The van der Waals surface area contributed by atoms with Crippen molar-refractivity contribution in [3.05, 3.63) is 86.3 Å². The van der Waals surface area contributed by atoms with Gasteiger partial charge >= 0.3 is 5.69 Å². The molecule has 210 valence electrons. The minimum Gasteiger partial charge on any atom is -0.396 e. The molecule has 0 unspecified atom stereocenters. The fraction of sp³-hybridized carbons (Fsp3) is 0.320. The maximum absolute atomic E-state index is 12.6. The van der Waals surface area contributed by atoms with Crippen molar-refractivity contribution in [1.82, 2.24) is 13.5 Å². The normalized spacial score (nSPS) is 11.6. The van der Waals surface area contributed by atoms with Crippen molar-refractivity contribution in [2.24, 2.45) is 7.05 Å². The maximum atomic E-state index is 12.6. The third-order valence-electron chi connectivity index (χ3n) is 5.56. The van der Waals surface area contributed by atoms with Gasteiger partial charge < -0.3 is 14.8 Å². The van der Waals surface area contributed by atoms with Gasteiger partial charge in [-0.3, -0.25) is 9.35 Å². The maximum Gasteiger partial charge on any atom is 0.335 e. The SMILES string of the molecule is Cc1cc(=O)n(-c2ccc3snc(C(SCCO)SCCO)c3c2)c(=O)n1C.Cc1ccc(S(=O)(=O)O)cc1. The standard InChI is InChI=1S/C18H21N3O4S3.C7H8O3S/c1-11-9-15(24)21(18(25)20(11)2)12-3-4-14-13(10-12)16(19-28-14)17(26-7-5-22)27-8-6-23;1-6-2-4-7(5-3-6)11(8,9)10/h3-4,9-10,17,22-23H,5-8H2,1-2H3;2-5H,1H3,(H,8,9,10). The summed E-state index contributed by atoms with van der Waals surface area (Å²) in [7, 11) is -2.38. The molecule has 10 nitrogen and oxygen atoms in total. The van der Waals surface area contributed by atoms with Gasteiger partial charge in [0.15, 0.2) is 0 Å². The fourth-order valence-electron chi connectivity index (χ4n) is 3.46. The first-order valence-corrected chi connectivity index (χ1v) is 16.0. The number of benzene rings is 2. The van der Waals surface area contributed by atoms with Crippen LogP contribution in [-0.4, -0.2) is 61.4 Å². The van der Waals surface area contributed by atoms with E-state index in [0.717, 1.165) is 25.9 Å². The molecule has 0 aliphatic rings. The summed E-state index contributed by atoms with van der Waals surface area (Å²) in [6.07, 6.45) is 0. The lowest BCUT2D eigenvalue weighted by atomic mass is 10.2. The minimum absolute atomic E-state index is 0.0547. The number of aromatic nitrogens is 3. The minimum atomic E-state index is -4.02. The van der Waals surface area contributed by atoms with Gasteiger partial charge in [0, 0.05) is 35.7 Å². The number of hydrogen-bond acceptors (Lipinski definition) is 10. The van der Waals surface area contributed by atoms with E-state index in [1.165, 1.54) is 34.3 Å². The second-order valence-corrected chi connectivity index (χ2v) is 13.3. The number of rotatable bonds is 9. The van der Waals surface area contributed by atoms with E-state index in [4.69, 9.17) is 4.55 Å². The first-order chi connectivity index (χ1) is 18.5. The highest BCUT2D eigenvalue weighted by molar-refractivity contribution is 8.16. The summed E-state index contributed by atoms with van der Waals surface area (Å²) in [6, 6.07) is 12.9. The lowest BCUT2D eigenvalue weighted by molar-refractivity contribution is 0.322. The molecule has 0 bridgehead atoms. The van der Waals surface area contributed by atoms with Crippen molar-refractivity contribution in [1.29, 1.82) is 0 Å². The van der Waals surface area contributed by atoms with E-state index < -0.39 is 15.8 Å². The molecule has 0 aliphatic heterocycles. The Morgan fingerprint density at radius 1 is 0.974 bits per heavy atom. The molecule has 4 rings (SSSR count). The molecule has 14 heteroatoms. The third kappa shape index (κ3) is 7.81. The molecule has 2 aromatic heterocycles. The quantitative estimate of drug-likeness (QED) is 0.190. The zero-order valence-corrected chi connectivity index (χ0v) is 24.7. The largest absolute Gasteiger partial charge is 0.396 e. The highest BCUT2D eigenvalue weighted by Gasteiger charge is 2.20. The number of aliphatic hydroxyl groups excluding tert-OH is 2.